The number of piperazine rings is 1. The molecule has 0 saturated carbocycles. The van der Waals surface area contributed by atoms with Crippen molar-refractivity contribution in [3.63, 3.8) is 0 Å². The van der Waals surface area contributed by atoms with Crippen molar-refractivity contribution in [1.82, 2.24) is 14.8 Å². The van der Waals surface area contributed by atoms with Crippen molar-refractivity contribution in [1.29, 1.82) is 0 Å². The quantitative estimate of drug-likeness (QED) is 0.379. The lowest BCUT2D eigenvalue weighted by Gasteiger charge is -2.47. The standard InChI is InChI=1S/C31H31N3O6/c1-37-24-12-8-6-10-20(24)29-28-21(19-9-5-7-11-22(19)32-28)15-23-31(36)33(17-27(35)34(23)29)16-18-13-25(38-2)30(40-4)26(14-18)39-3/h5-14,23,29,32H,15-17H2,1-4H3/t23-,29?/m0/s1. The molecule has 2 atom stereocenters. The van der Waals surface area contributed by atoms with E-state index in [1.54, 1.807) is 38.2 Å². The number of fused-ring (bicyclic) bond motifs is 4. The van der Waals surface area contributed by atoms with Gasteiger partial charge in [-0.05, 0) is 35.4 Å². The van der Waals surface area contributed by atoms with Crippen LogP contribution in [0.2, 0.25) is 0 Å². The Kier molecular flexibility index (Phi) is 6.50. The number of rotatable bonds is 7. The predicted octanol–water partition coefficient (Wildman–Crippen LogP) is 4.09. The van der Waals surface area contributed by atoms with E-state index in [2.05, 4.69) is 11.1 Å². The second-order valence-corrected chi connectivity index (χ2v) is 9.96. The Morgan fingerprint density at radius 3 is 2.23 bits per heavy atom. The molecular formula is C31H31N3O6. The third kappa shape index (κ3) is 4.00. The molecule has 2 amide bonds. The smallest absolute Gasteiger partial charge is 0.246 e. The van der Waals surface area contributed by atoms with E-state index in [4.69, 9.17) is 18.9 Å². The summed E-state index contributed by atoms with van der Waals surface area (Å²) in [6, 6.07) is 18.2. The minimum Gasteiger partial charge on any atom is -0.496 e. The molecule has 9 nitrogen and oxygen atoms in total. The molecule has 3 heterocycles. The predicted molar refractivity (Wildman–Crippen MR) is 149 cm³/mol. The van der Waals surface area contributed by atoms with Crippen LogP contribution in [-0.4, -0.2) is 67.6 Å². The molecule has 40 heavy (non-hydrogen) atoms. The highest BCUT2D eigenvalue weighted by atomic mass is 16.5. The number of aromatic amines is 1. The van der Waals surface area contributed by atoms with Gasteiger partial charge in [0, 0.05) is 35.1 Å². The number of carbonyl (C=O) groups excluding carboxylic acids is 2. The van der Waals surface area contributed by atoms with Crippen LogP contribution in [0, 0.1) is 0 Å². The van der Waals surface area contributed by atoms with Crippen LogP contribution in [0.4, 0.5) is 0 Å². The molecule has 1 fully saturated rings. The van der Waals surface area contributed by atoms with Gasteiger partial charge in [0.15, 0.2) is 11.5 Å². The third-order valence-corrected chi connectivity index (χ3v) is 7.87. The van der Waals surface area contributed by atoms with Gasteiger partial charge in [-0.2, -0.15) is 0 Å². The first-order valence-corrected chi connectivity index (χ1v) is 13.1. The number of amides is 2. The first-order valence-electron chi connectivity index (χ1n) is 13.1. The van der Waals surface area contributed by atoms with Crippen LogP contribution in [0.5, 0.6) is 23.0 Å². The number of hydrogen-bond donors (Lipinski definition) is 1. The Morgan fingerprint density at radius 1 is 0.850 bits per heavy atom. The number of hydrogen-bond acceptors (Lipinski definition) is 6. The summed E-state index contributed by atoms with van der Waals surface area (Å²) < 4.78 is 22.2. The molecule has 4 aromatic rings. The highest BCUT2D eigenvalue weighted by Crippen LogP contribution is 2.45. The van der Waals surface area contributed by atoms with Gasteiger partial charge in [-0.15, -0.1) is 0 Å². The number of benzene rings is 3. The van der Waals surface area contributed by atoms with Gasteiger partial charge in [0.05, 0.1) is 28.4 Å². The van der Waals surface area contributed by atoms with Gasteiger partial charge in [0.25, 0.3) is 0 Å². The number of ether oxygens (including phenoxy) is 4. The summed E-state index contributed by atoms with van der Waals surface area (Å²) in [7, 11) is 6.26. The molecule has 1 unspecified atom stereocenters. The molecule has 206 valence electrons. The molecule has 2 aliphatic heterocycles. The Morgan fingerprint density at radius 2 is 1.52 bits per heavy atom. The summed E-state index contributed by atoms with van der Waals surface area (Å²) in [6.45, 7) is 0.179. The lowest BCUT2D eigenvalue weighted by atomic mass is 9.85. The Labute approximate surface area is 232 Å². The Balaban J connectivity index is 1.42. The normalized spacial score (nSPS) is 18.4. The number of carbonyl (C=O) groups is 2. The van der Waals surface area contributed by atoms with E-state index in [0.717, 1.165) is 33.3 Å². The van der Waals surface area contributed by atoms with Crippen molar-refractivity contribution in [2.45, 2.75) is 25.0 Å². The van der Waals surface area contributed by atoms with Crippen LogP contribution in [0.15, 0.2) is 60.7 Å². The van der Waals surface area contributed by atoms with Gasteiger partial charge in [-0.25, -0.2) is 0 Å². The van der Waals surface area contributed by atoms with E-state index in [-0.39, 0.29) is 24.9 Å². The zero-order valence-electron chi connectivity index (χ0n) is 22.9. The molecule has 1 N–H and O–H groups in total. The number of nitrogens with one attached hydrogen (secondary N) is 1. The van der Waals surface area contributed by atoms with Crippen molar-refractivity contribution in [2.24, 2.45) is 0 Å². The second-order valence-electron chi connectivity index (χ2n) is 9.96. The zero-order chi connectivity index (χ0) is 28.0. The van der Waals surface area contributed by atoms with Gasteiger partial charge in [-0.3, -0.25) is 9.59 Å². The lowest BCUT2D eigenvalue weighted by molar-refractivity contribution is -0.159. The Hall–Kier alpha value is -4.66. The van der Waals surface area contributed by atoms with E-state index >= 15 is 0 Å². The van der Waals surface area contributed by atoms with Crippen LogP contribution in [-0.2, 0) is 22.6 Å². The van der Waals surface area contributed by atoms with Crippen LogP contribution in [0.25, 0.3) is 10.9 Å². The van der Waals surface area contributed by atoms with Crippen molar-refractivity contribution in [3.05, 3.63) is 83.0 Å². The van der Waals surface area contributed by atoms with E-state index < -0.39 is 12.1 Å². The highest BCUT2D eigenvalue weighted by molar-refractivity contribution is 5.97. The number of H-pyrrole nitrogens is 1. The van der Waals surface area contributed by atoms with Gasteiger partial charge < -0.3 is 33.7 Å². The number of nitrogens with zero attached hydrogens (tertiary/aromatic N) is 2. The molecule has 3 aromatic carbocycles. The minimum absolute atomic E-state index is 0.0484. The summed E-state index contributed by atoms with van der Waals surface area (Å²) >= 11 is 0. The topological polar surface area (TPSA) is 93.3 Å². The number of para-hydroxylation sites is 2. The Bertz CT molecular complexity index is 1590. The fourth-order valence-corrected chi connectivity index (χ4v) is 6.12. The SMILES string of the molecule is COc1ccccc1C1c2[nH]c3ccccc3c2C[C@H]2C(=O)N(Cc3cc(OC)c(OC)c(OC)c3)CC(=O)N12. The summed E-state index contributed by atoms with van der Waals surface area (Å²) in [5.41, 5.74) is 4.54. The van der Waals surface area contributed by atoms with E-state index in [9.17, 15) is 9.59 Å². The average molecular weight is 542 g/mol. The summed E-state index contributed by atoms with van der Waals surface area (Å²) in [4.78, 5) is 35.0. The van der Waals surface area contributed by atoms with Crippen LogP contribution >= 0.6 is 0 Å². The molecule has 0 aliphatic carbocycles. The number of aromatic nitrogens is 1. The van der Waals surface area contributed by atoms with Gasteiger partial charge >= 0.3 is 0 Å². The largest absolute Gasteiger partial charge is 0.496 e. The van der Waals surface area contributed by atoms with Gasteiger partial charge in [-0.1, -0.05) is 36.4 Å². The van der Waals surface area contributed by atoms with Gasteiger partial charge in [0.1, 0.15) is 24.4 Å². The van der Waals surface area contributed by atoms with Crippen molar-refractivity contribution in [2.75, 3.05) is 35.0 Å². The fourth-order valence-electron chi connectivity index (χ4n) is 6.12. The zero-order valence-corrected chi connectivity index (χ0v) is 22.9. The first-order chi connectivity index (χ1) is 19.5. The summed E-state index contributed by atoms with van der Waals surface area (Å²) in [5.74, 6) is 1.89. The molecule has 0 bridgehead atoms. The molecule has 1 saturated heterocycles. The van der Waals surface area contributed by atoms with Crippen LogP contribution in [0.1, 0.15) is 28.4 Å². The minimum atomic E-state index is -0.662. The molecular weight excluding hydrogens is 510 g/mol. The molecule has 0 spiro atoms. The molecule has 9 heteroatoms. The maximum Gasteiger partial charge on any atom is 0.246 e. The highest BCUT2D eigenvalue weighted by Gasteiger charge is 2.48. The molecule has 0 radical (unpaired) electrons. The first kappa shape index (κ1) is 25.6. The van der Waals surface area contributed by atoms with Gasteiger partial charge in [0.2, 0.25) is 17.6 Å². The van der Waals surface area contributed by atoms with E-state index in [0.29, 0.717) is 29.4 Å². The summed E-state index contributed by atoms with van der Waals surface area (Å²) in [6.07, 6.45) is 0.418. The lowest BCUT2D eigenvalue weighted by Crippen LogP contribution is -2.62. The monoisotopic (exact) mass is 541 g/mol. The van der Waals surface area contributed by atoms with E-state index in [1.807, 2.05) is 54.6 Å². The maximum absolute atomic E-state index is 14.1. The number of methoxy groups -OCH3 is 4. The maximum atomic E-state index is 14.1. The van der Waals surface area contributed by atoms with Crippen molar-refractivity contribution < 1.29 is 28.5 Å². The van der Waals surface area contributed by atoms with Crippen LogP contribution in [0.3, 0.4) is 0 Å². The fraction of sp³-hybridized carbons (Fsp3) is 0.290. The molecule has 2 aliphatic rings. The van der Waals surface area contributed by atoms with E-state index in [1.165, 1.54) is 0 Å². The van der Waals surface area contributed by atoms with Crippen molar-refractivity contribution in [3.8, 4) is 23.0 Å². The third-order valence-electron chi connectivity index (χ3n) is 7.87. The molecule has 6 rings (SSSR count). The average Bonchev–Trinajstić information content (AvgIpc) is 3.36. The van der Waals surface area contributed by atoms with Crippen molar-refractivity contribution >= 4 is 22.7 Å². The second kappa shape index (κ2) is 10.1. The molecule has 1 aromatic heterocycles. The van der Waals surface area contributed by atoms with Crippen LogP contribution < -0.4 is 18.9 Å². The summed E-state index contributed by atoms with van der Waals surface area (Å²) in [5, 5.41) is 1.05.